The first-order valence-corrected chi connectivity index (χ1v) is 7.46. The molecule has 5 nitrogen and oxygen atoms in total. The van der Waals surface area contributed by atoms with Crippen molar-refractivity contribution in [1.82, 2.24) is 14.6 Å². The number of fused-ring (bicyclic) bond motifs is 3. The number of carbonyl (C=O) groups is 1. The Bertz CT molecular complexity index is 854. The van der Waals surface area contributed by atoms with E-state index < -0.39 is 0 Å². The predicted molar refractivity (Wildman–Crippen MR) is 84.1 cm³/mol. The highest BCUT2D eigenvalue weighted by molar-refractivity contribution is 6.08. The summed E-state index contributed by atoms with van der Waals surface area (Å²) in [6.07, 6.45) is 3.81. The van der Waals surface area contributed by atoms with E-state index in [9.17, 15) is 4.79 Å². The summed E-state index contributed by atoms with van der Waals surface area (Å²) in [5, 5.41) is 11.0. The van der Waals surface area contributed by atoms with E-state index in [0.29, 0.717) is 17.1 Å². The molecule has 110 valence electrons. The molecule has 5 heteroatoms. The molecule has 0 aliphatic heterocycles. The minimum absolute atomic E-state index is 0.147. The molecule has 3 aromatic rings. The van der Waals surface area contributed by atoms with Crippen LogP contribution >= 0.6 is 0 Å². The van der Waals surface area contributed by atoms with Crippen molar-refractivity contribution in [1.29, 1.82) is 0 Å². The first-order chi connectivity index (χ1) is 10.7. The summed E-state index contributed by atoms with van der Waals surface area (Å²) in [6.45, 7) is 2.20. The van der Waals surface area contributed by atoms with Crippen LogP contribution in [-0.4, -0.2) is 20.5 Å². The largest absolute Gasteiger partial charge is 0.322 e. The van der Waals surface area contributed by atoms with Crippen LogP contribution in [0.3, 0.4) is 0 Å². The molecule has 0 saturated carbocycles. The highest BCUT2D eigenvalue weighted by atomic mass is 16.1. The van der Waals surface area contributed by atoms with Crippen molar-refractivity contribution in [3.05, 3.63) is 59.5 Å². The number of aromatic nitrogens is 3. The van der Waals surface area contributed by atoms with E-state index in [1.54, 1.807) is 6.33 Å². The van der Waals surface area contributed by atoms with Gasteiger partial charge in [-0.15, -0.1) is 10.2 Å². The van der Waals surface area contributed by atoms with Crippen molar-refractivity contribution in [2.24, 2.45) is 0 Å². The molecule has 0 spiro atoms. The number of rotatable bonds is 2. The zero-order valence-corrected chi connectivity index (χ0v) is 12.3. The Kier molecular flexibility index (Phi) is 2.92. The van der Waals surface area contributed by atoms with Crippen molar-refractivity contribution < 1.29 is 4.79 Å². The van der Waals surface area contributed by atoms with E-state index >= 15 is 0 Å². The van der Waals surface area contributed by atoms with Crippen LogP contribution in [0.25, 0.3) is 5.65 Å². The predicted octanol–water partition coefficient (Wildman–Crippen LogP) is 3.03. The van der Waals surface area contributed by atoms with Gasteiger partial charge in [0.05, 0.1) is 5.56 Å². The van der Waals surface area contributed by atoms with Gasteiger partial charge in [0.1, 0.15) is 6.33 Å². The first kappa shape index (κ1) is 13.0. The first-order valence-electron chi connectivity index (χ1n) is 7.46. The van der Waals surface area contributed by atoms with Crippen LogP contribution in [0.1, 0.15) is 40.9 Å². The van der Waals surface area contributed by atoms with Crippen LogP contribution in [0.5, 0.6) is 0 Å². The molecule has 22 heavy (non-hydrogen) atoms. The lowest BCUT2D eigenvalue weighted by molar-refractivity contribution is 0.102. The van der Waals surface area contributed by atoms with Crippen molar-refractivity contribution in [2.45, 2.75) is 25.7 Å². The van der Waals surface area contributed by atoms with Crippen molar-refractivity contribution >= 4 is 17.2 Å². The number of amides is 1. The summed E-state index contributed by atoms with van der Waals surface area (Å²) in [6, 6.07) is 11.4. The molecule has 1 amide bonds. The summed E-state index contributed by atoms with van der Waals surface area (Å²) < 4.78 is 1.96. The molecular weight excluding hydrogens is 276 g/mol. The second kappa shape index (κ2) is 4.94. The normalized spacial score (nSPS) is 16.7. The number of nitrogens with one attached hydrogen (secondary N) is 1. The molecule has 0 saturated heterocycles. The number of aryl methyl sites for hydroxylation is 1. The average molecular weight is 292 g/mol. The molecule has 2 heterocycles. The second-order valence-corrected chi connectivity index (χ2v) is 5.74. The SMILES string of the molecule is C[C@@H]1CCc2c1cc(C(=O)Nc1ccccc1)c1nncn21. The highest BCUT2D eigenvalue weighted by Crippen LogP contribution is 2.34. The fourth-order valence-electron chi connectivity index (χ4n) is 3.15. The number of para-hydroxylation sites is 1. The summed E-state index contributed by atoms with van der Waals surface area (Å²) in [7, 11) is 0. The van der Waals surface area contributed by atoms with E-state index in [0.717, 1.165) is 18.5 Å². The number of nitrogens with zero attached hydrogens (tertiary/aromatic N) is 3. The third-order valence-corrected chi connectivity index (χ3v) is 4.33. The number of carbonyl (C=O) groups excluding carboxylic acids is 1. The van der Waals surface area contributed by atoms with Gasteiger partial charge in [0.2, 0.25) is 0 Å². The van der Waals surface area contributed by atoms with E-state index in [-0.39, 0.29) is 5.91 Å². The van der Waals surface area contributed by atoms with Crippen LogP contribution in [0, 0.1) is 0 Å². The maximum absolute atomic E-state index is 12.6. The van der Waals surface area contributed by atoms with E-state index in [1.165, 1.54) is 11.3 Å². The Hall–Kier alpha value is -2.69. The van der Waals surface area contributed by atoms with Gasteiger partial charge in [0, 0.05) is 11.4 Å². The smallest absolute Gasteiger partial charge is 0.259 e. The standard InChI is InChI=1S/C17H16N4O/c1-11-7-8-15-13(11)9-14(16-20-18-10-21(15)16)17(22)19-12-5-3-2-4-6-12/h2-6,9-11H,7-8H2,1H3,(H,19,22)/t11-/m1/s1. The van der Waals surface area contributed by atoms with E-state index in [1.807, 2.05) is 40.8 Å². The molecule has 0 radical (unpaired) electrons. The third kappa shape index (κ3) is 1.97. The maximum atomic E-state index is 12.6. The van der Waals surface area contributed by atoms with Crippen LogP contribution in [0.2, 0.25) is 0 Å². The molecule has 4 rings (SSSR count). The van der Waals surface area contributed by atoms with E-state index in [4.69, 9.17) is 0 Å². The molecule has 1 atom stereocenters. The minimum Gasteiger partial charge on any atom is -0.322 e. The minimum atomic E-state index is -0.147. The fraction of sp³-hybridized carbons (Fsp3) is 0.235. The van der Waals surface area contributed by atoms with Gasteiger partial charge < -0.3 is 5.32 Å². The quantitative estimate of drug-likeness (QED) is 0.789. The van der Waals surface area contributed by atoms with Gasteiger partial charge in [0.15, 0.2) is 5.65 Å². The Balaban J connectivity index is 1.80. The summed E-state index contributed by atoms with van der Waals surface area (Å²) in [5.74, 6) is 0.316. The van der Waals surface area contributed by atoms with Crippen molar-refractivity contribution in [3.8, 4) is 0 Å². The summed E-state index contributed by atoms with van der Waals surface area (Å²) in [5.41, 5.74) is 4.43. The van der Waals surface area contributed by atoms with Gasteiger partial charge in [-0.2, -0.15) is 0 Å². The molecular formula is C17H16N4O. The zero-order valence-electron chi connectivity index (χ0n) is 12.3. The Morgan fingerprint density at radius 3 is 2.95 bits per heavy atom. The topological polar surface area (TPSA) is 59.3 Å². The molecule has 1 aliphatic carbocycles. The molecule has 1 aliphatic rings. The molecule has 1 N–H and O–H groups in total. The van der Waals surface area contributed by atoms with Gasteiger partial charge in [-0.05, 0) is 42.5 Å². The zero-order chi connectivity index (χ0) is 15.1. The van der Waals surface area contributed by atoms with Crippen molar-refractivity contribution in [2.75, 3.05) is 5.32 Å². The van der Waals surface area contributed by atoms with Gasteiger partial charge in [-0.1, -0.05) is 25.1 Å². The van der Waals surface area contributed by atoms with Gasteiger partial charge >= 0.3 is 0 Å². The number of pyridine rings is 1. The van der Waals surface area contributed by atoms with Crippen LogP contribution in [0.15, 0.2) is 42.7 Å². The summed E-state index contributed by atoms with van der Waals surface area (Å²) in [4.78, 5) is 12.6. The Labute approximate surface area is 128 Å². The molecule has 1 aromatic carbocycles. The van der Waals surface area contributed by atoms with Gasteiger partial charge in [-0.3, -0.25) is 9.20 Å². The number of hydrogen-bond acceptors (Lipinski definition) is 3. The van der Waals surface area contributed by atoms with Gasteiger partial charge in [0.25, 0.3) is 5.91 Å². The average Bonchev–Trinajstić information content (AvgIpc) is 3.14. The lowest BCUT2D eigenvalue weighted by atomic mass is 10.0. The molecule has 0 fully saturated rings. The van der Waals surface area contributed by atoms with E-state index in [2.05, 4.69) is 22.4 Å². The lowest BCUT2D eigenvalue weighted by Gasteiger charge is -2.11. The number of hydrogen-bond donors (Lipinski definition) is 1. The Morgan fingerprint density at radius 2 is 2.14 bits per heavy atom. The number of anilines is 1. The summed E-state index contributed by atoms with van der Waals surface area (Å²) >= 11 is 0. The van der Waals surface area contributed by atoms with Crippen molar-refractivity contribution in [3.63, 3.8) is 0 Å². The van der Waals surface area contributed by atoms with Gasteiger partial charge in [-0.25, -0.2) is 0 Å². The van der Waals surface area contributed by atoms with Crippen LogP contribution < -0.4 is 5.32 Å². The monoisotopic (exact) mass is 292 g/mol. The fourth-order valence-corrected chi connectivity index (χ4v) is 3.15. The van der Waals surface area contributed by atoms with Crippen LogP contribution in [0.4, 0.5) is 5.69 Å². The Morgan fingerprint density at radius 1 is 1.32 bits per heavy atom. The van der Waals surface area contributed by atoms with Crippen LogP contribution in [-0.2, 0) is 6.42 Å². The lowest BCUT2D eigenvalue weighted by Crippen LogP contribution is -2.15. The highest BCUT2D eigenvalue weighted by Gasteiger charge is 2.25. The molecule has 2 aromatic heterocycles. The third-order valence-electron chi connectivity index (χ3n) is 4.33. The maximum Gasteiger partial charge on any atom is 0.259 e. The second-order valence-electron chi connectivity index (χ2n) is 5.74. The molecule has 0 bridgehead atoms. The number of benzene rings is 1. The molecule has 0 unspecified atom stereocenters.